The molecule has 0 bridgehead atoms. The van der Waals surface area contributed by atoms with Crippen LogP contribution in [0.25, 0.3) is 0 Å². The number of aromatic amines is 1. The Morgan fingerprint density at radius 2 is 2.18 bits per heavy atom. The van der Waals surface area contributed by atoms with Crippen LogP contribution >= 0.6 is 0 Å². The van der Waals surface area contributed by atoms with Crippen LogP contribution in [0.1, 0.15) is 32.9 Å². The van der Waals surface area contributed by atoms with Crippen LogP contribution in [0.2, 0.25) is 0 Å². The van der Waals surface area contributed by atoms with Gasteiger partial charge in [0.25, 0.3) is 0 Å². The minimum atomic E-state index is -0.716. The fourth-order valence-electron chi connectivity index (χ4n) is 1.15. The maximum atomic E-state index is 11.4. The Balaban J connectivity index is 2.27. The van der Waals surface area contributed by atoms with Crippen molar-refractivity contribution in [2.45, 2.75) is 39.2 Å². The van der Waals surface area contributed by atoms with E-state index in [1.165, 1.54) is 0 Å². The Morgan fingerprint density at radius 3 is 2.71 bits per heavy atom. The van der Waals surface area contributed by atoms with Crippen molar-refractivity contribution in [2.24, 2.45) is 0 Å². The summed E-state index contributed by atoms with van der Waals surface area (Å²) in [5.74, 6) is -0.367. The molecule has 0 radical (unpaired) electrons. The number of aromatic nitrogens is 2. The molecule has 6 nitrogen and oxygen atoms in total. The first-order valence-corrected chi connectivity index (χ1v) is 5.37. The van der Waals surface area contributed by atoms with Gasteiger partial charge >= 0.3 is 6.09 Å². The summed E-state index contributed by atoms with van der Waals surface area (Å²) < 4.78 is 4.95. The van der Waals surface area contributed by atoms with Crippen molar-refractivity contribution < 1.29 is 14.3 Å². The summed E-state index contributed by atoms with van der Waals surface area (Å²) in [6.45, 7) is 5.21. The molecule has 0 unspecified atom stereocenters. The van der Waals surface area contributed by atoms with Crippen molar-refractivity contribution in [3.63, 3.8) is 0 Å². The van der Waals surface area contributed by atoms with Gasteiger partial charge in [0, 0.05) is 18.3 Å². The third-order valence-electron chi connectivity index (χ3n) is 1.82. The van der Waals surface area contributed by atoms with E-state index in [-0.39, 0.29) is 12.3 Å². The lowest BCUT2D eigenvalue weighted by molar-refractivity contribution is -0.120. The van der Waals surface area contributed by atoms with Gasteiger partial charge in [0.2, 0.25) is 5.91 Å². The number of rotatable bonds is 3. The minimum Gasteiger partial charge on any atom is -0.444 e. The van der Waals surface area contributed by atoms with Gasteiger partial charge < -0.3 is 9.72 Å². The molecule has 1 aromatic heterocycles. The zero-order valence-electron chi connectivity index (χ0n) is 10.2. The zero-order chi connectivity index (χ0) is 12.9. The minimum absolute atomic E-state index is 0.210. The van der Waals surface area contributed by atoms with Crippen molar-refractivity contribution in [1.82, 2.24) is 15.3 Å². The van der Waals surface area contributed by atoms with Crippen LogP contribution in [0.5, 0.6) is 0 Å². The summed E-state index contributed by atoms with van der Waals surface area (Å²) in [5, 5.41) is 2.16. The standard InChI is InChI=1S/C11H17N3O3/c1-11(2,3)17-10(16)14-9(15)5-4-8-6-12-7-13-8/h6-7H,4-5H2,1-3H3,(H,12,13)(H,14,15,16). The third-order valence-corrected chi connectivity index (χ3v) is 1.82. The molecule has 94 valence electrons. The van der Waals surface area contributed by atoms with Gasteiger partial charge in [0.1, 0.15) is 5.60 Å². The molecule has 0 saturated carbocycles. The first-order valence-electron chi connectivity index (χ1n) is 5.37. The van der Waals surface area contributed by atoms with Crippen LogP contribution in [0.3, 0.4) is 0 Å². The predicted molar refractivity (Wildman–Crippen MR) is 61.3 cm³/mol. The van der Waals surface area contributed by atoms with Gasteiger partial charge in [-0.05, 0) is 27.2 Å². The lowest BCUT2D eigenvalue weighted by atomic mass is 10.2. The highest BCUT2D eigenvalue weighted by Gasteiger charge is 2.17. The molecule has 1 heterocycles. The normalized spacial score (nSPS) is 11.0. The number of carbonyl (C=O) groups is 2. The second-order valence-electron chi connectivity index (χ2n) is 4.63. The molecule has 0 spiro atoms. The average Bonchev–Trinajstić information content (AvgIpc) is 2.63. The van der Waals surface area contributed by atoms with E-state index >= 15 is 0 Å². The third kappa shape index (κ3) is 5.70. The van der Waals surface area contributed by atoms with Gasteiger partial charge in [0.05, 0.1) is 6.33 Å². The molecule has 0 saturated heterocycles. The van der Waals surface area contributed by atoms with Crippen LogP contribution in [0.15, 0.2) is 12.5 Å². The fraction of sp³-hybridized carbons (Fsp3) is 0.545. The van der Waals surface area contributed by atoms with Gasteiger partial charge in [0.15, 0.2) is 0 Å². The second kappa shape index (κ2) is 5.47. The molecule has 6 heteroatoms. The van der Waals surface area contributed by atoms with E-state index in [0.717, 1.165) is 5.69 Å². The molecular weight excluding hydrogens is 222 g/mol. The Kier molecular flexibility index (Phi) is 4.25. The maximum Gasteiger partial charge on any atom is 0.414 e. The van der Waals surface area contributed by atoms with E-state index in [9.17, 15) is 9.59 Å². The molecule has 2 N–H and O–H groups in total. The van der Waals surface area contributed by atoms with E-state index < -0.39 is 11.7 Å². The quantitative estimate of drug-likeness (QED) is 0.834. The summed E-state index contributed by atoms with van der Waals surface area (Å²) in [6.07, 6.45) is 3.19. The average molecular weight is 239 g/mol. The number of imide groups is 1. The first kappa shape index (κ1) is 13.2. The molecule has 2 amide bonds. The molecule has 0 aliphatic rings. The van der Waals surface area contributed by atoms with Crippen LogP contribution in [-0.2, 0) is 16.0 Å². The Hall–Kier alpha value is -1.85. The van der Waals surface area contributed by atoms with E-state index in [2.05, 4.69) is 15.3 Å². The molecule has 0 fully saturated rings. The Labute approximate surface area is 99.8 Å². The number of carbonyl (C=O) groups excluding carboxylic acids is 2. The SMILES string of the molecule is CC(C)(C)OC(=O)NC(=O)CCc1cnc[nH]1. The van der Waals surface area contributed by atoms with Crippen molar-refractivity contribution in [1.29, 1.82) is 0 Å². The van der Waals surface area contributed by atoms with E-state index in [0.29, 0.717) is 6.42 Å². The number of nitrogens with one attached hydrogen (secondary N) is 2. The number of nitrogens with zero attached hydrogens (tertiary/aromatic N) is 1. The van der Waals surface area contributed by atoms with E-state index in [4.69, 9.17) is 4.74 Å². The summed E-state index contributed by atoms with van der Waals surface area (Å²) in [7, 11) is 0. The zero-order valence-corrected chi connectivity index (χ0v) is 10.2. The van der Waals surface area contributed by atoms with Gasteiger partial charge in [-0.25, -0.2) is 9.78 Å². The van der Waals surface area contributed by atoms with Crippen molar-refractivity contribution in [3.8, 4) is 0 Å². The van der Waals surface area contributed by atoms with Gasteiger partial charge in [-0.15, -0.1) is 0 Å². The second-order valence-corrected chi connectivity index (χ2v) is 4.63. The lowest BCUT2D eigenvalue weighted by Crippen LogP contribution is -2.36. The molecule has 0 atom stereocenters. The number of ether oxygens (including phenoxy) is 1. The highest BCUT2D eigenvalue weighted by Crippen LogP contribution is 2.06. The van der Waals surface area contributed by atoms with Crippen LogP contribution in [0.4, 0.5) is 4.79 Å². The van der Waals surface area contributed by atoms with Gasteiger partial charge in [-0.3, -0.25) is 10.1 Å². The Bertz CT molecular complexity index is 379. The summed E-state index contributed by atoms with van der Waals surface area (Å²) in [4.78, 5) is 29.4. The number of alkyl carbamates (subject to hydrolysis) is 1. The first-order chi connectivity index (χ1) is 7.87. The topological polar surface area (TPSA) is 84.1 Å². The van der Waals surface area contributed by atoms with E-state index in [1.54, 1.807) is 33.3 Å². The Morgan fingerprint density at radius 1 is 1.47 bits per heavy atom. The highest BCUT2D eigenvalue weighted by molar-refractivity contribution is 5.91. The number of hydrogen-bond donors (Lipinski definition) is 2. The number of H-pyrrole nitrogens is 1. The number of amides is 2. The summed E-state index contributed by atoms with van der Waals surface area (Å²) in [6, 6.07) is 0. The molecule has 17 heavy (non-hydrogen) atoms. The highest BCUT2D eigenvalue weighted by atomic mass is 16.6. The molecular formula is C11H17N3O3. The molecule has 0 aromatic carbocycles. The number of imidazole rings is 1. The largest absolute Gasteiger partial charge is 0.444 e. The molecule has 1 aromatic rings. The van der Waals surface area contributed by atoms with Crippen molar-refractivity contribution in [3.05, 3.63) is 18.2 Å². The molecule has 0 aliphatic carbocycles. The van der Waals surface area contributed by atoms with Crippen molar-refractivity contribution >= 4 is 12.0 Å². The van der Waals surface area contributed by atoms with Crippen LogP contribution in [-0.4, -0.2) is 27.6 Å². The smallest absolute Gasteiger partial charge is 0.414 e. The number of hydrogen-bond acceptors (Lipinski definition) is 4. The van der Waals surface area contributed by atoms with E-state index in [1.807, 2.05) is 0 Å². The molecule has 1 rings (SSSR count). The number of aryl methyl sites for hydroxylation is 1. The summed E-state index contributed by atoms with van der Waals surface area (Å²) >= 11 is 0. The van der Waals surface area contributed by atoms with Gasteiger partial charge in [-0.1, -0.05) is 0 Å². The van der Waals surface area contributed by atoms with Crippen LogP contribution < -0.4 is 5.32 Å². The molecule has 0 aliphatic heterocycles. The lowest BCUT2D eigenvalue weighted by Gasteiger charge is -2.19. The summed E-state index contributed by atoms with van der Waals surface area (Å²) in [5.41, 5.74) is 0.248. The maximum absolute atomic E-state index is 11.4. The van der Waals surface area contributed by atoms with Crippen LogP contribution in [0, 0.1) is 0 Å². The predicted octanol–water partition coefficient (Wildman–Crippen LogP) is 1.39. The monoisotopic (exact) mass is 239 g/mol. The fourth-order valence-corrected chi connectivity index (χ4v) is 1.15. The van der Waals surface area contributed by atoms with Crippen molar-refractivity contribution in [2.75, 3.05) is 0 Å². The van der Waals surface area contributed by atoms with Gasteiger partial charge in [-0.2, -0.15) is 0 Å².